The van der Waals surface area contributed by atoms with E-state index in [9.17, 15) is 27.6 Å². The number of rotatable bonds is 3. The zero-order valence-electron chi connectivity index (χ0n) is 13.4. The molecule has 1 heterocycles. The van der Waals surface area contributed by atoms with Crippen molar-refractivity contribution in [1.29, 1.82) is 0 Å². The first-order valence-corrected chi connectivity index (χ1v) is 7.90. The fourth-order valence-electron chi connectivity index (χ4n) is 2.53. The Morgan fingerprint density at radius 1 is 1.04 bits per heavy atom. The first-order chi connectivity index (χ1) is 12.7. The van der Waals surface area contributed by atoms with Crippen LogP contribution in [0.4, 0.5) is 23.7 Å². The molecule has 6 nitrogen and oxygen atoms in total. The molecule has 4 amide bonds. The van der Waals surface area contributed by atoms with Gasteiger partial charge in [0.25, 0.3) is 17.5 Å². The van der Waals surface area contributed by atoms with Crippen LogP contribution in [0.5, 0.6) is 0 Å². The van der Waals surface area contributed by atoms with E-state index in [2.05, 4.69) is 0 Å². The van der Waals surface area contributed by atoms with Crippen molar-refractivity contribution < 1.29 is 27.6 Å². The van der Waals surface area contributed by atoms with Crippen LogP contribution in [0, 0.1) is 0 Å². The van der Waals surface area contributed by atoms with E-state index in [0.29, 0.717) is 4.90 Å². The zero-order valence-corrected chi connectivity index (χ0v) is 14.1. The van der Waals surface area contributed by atoms with E-state index < -0.39 is 29.7 Å². The molecule has 0 saturated carbocycles. The Labute approximate surface area is 155 Å². The van der Waals surface area contributed by atoms with Gasteiger partial charge < -0.3 is 5.32 Å². The number of halogens is 4. The van der Waals surface area contributed by atoms with Gasteiger partial charge in [-0.25, -0.2) is 9.69 Å². The summed E-state index contributed by atoms with van der Waals surface area (Å²) in [5, 5.41) is 3.47. The SMILES string of the molecule is O=C(N[C@]1(C(F)(F)F)NC(=O)N(c2ccccc2)C1=O)c1ccc(Cl)cc1. The molecule has 2 aromatic carbocycles. The molecule has 2 N–H and O–H groups in total. The van der Waals surface area contributed by atoms with Crippen molar-refractivity contribution in [3.63, 3.8) is 0 Å². The number of alkyl halides is 3. The van der Waals surface area contributed by atoms with Crippen LogP contribution in [-0.2, 0) is 4.79 Å². The van der Waals surface area contributed by atoms with Gasteiger partial charge in [0.15, 0.2) is 0 Å². The Morgan fingerprint density at radius 3 is 2.19 bits per heavy atom. The summed E-state index contributed by atoms with van der Waals surface area (Å²) >= 11 is 5.69. The van der Waals surface area contributed by atoms with Crippen molar-refractivity contribution in [3.05, 3.63) is 65.2 Å². The predicted molar refractivity (Wildman–Crippen MR) is 90.2 cm³/mol. The summed E-state index contributed by atoms with van der Waals surface area (Å²) in [7, 11) is 0. The van der Waals surface area contributed by atoms with Crippen LogP contribution in [0.1, 0.15) is 10.4 Å². The van der Waals surface area contributed by atoms with Gasteiger partial charge in [-0.15, -0.1) is 0 Å². The van der Waals surface area contributed by atoms with Crippen LogP contribution < -0.4 is 15.5 Å². The molecule has 0 aliphatic carbocycles. The second kappa shape index (κ2) is 6.58. The highest BCUT2D eigenvalue weighted by Gasteiger charge is 2.69. The van der Waals surface area contributed by atoms with E-state index in [4.69, 9.17) is 11.6 Å². The summed E-state index contributed by atoms with van der Waals surface area (Å²) in [5.74, 6) is -2.86. The number of nitrogens with one attached hydrogen (secondary N) is 2. The number of carbonyl (C=O) groups excluding carboxylic acids is 3. The third kappa shape index (κ3) is 3.21. The molecule has 1 atom stereocenters. The smallest absolute Gasteiger partial charge is 0.314 e. The van der Waals surface area contributed by atoms with Gasteiger partial charge in [0.05, 0.1) is 5.69 Å². The normalized spacial score (nSPS) is 19.8. The summed E-state index contributed by atoms with van der Waals surface area (Å²) in [4.78, 5) is 37.3. The number of hydrogen-bond acceptors (Lipinski definition) is 3. The topological polar surface area (TPSA) is 78.5 Å². The maximum absolute atomic E-state index is 13.8. The molecular formula is C17H11ClF3N3O3. The fourth-order valence-corrected chi connectivity index (χ4v) is 2.66. The van der Waals surface area contributed by atoms with E-state index in [1.165, 1.54) is 48.5 Å². The molecule has 1 fully saturated rings. The average molecular weight is 398 g/mol. The molecule has 0 aromatic heterocycles. The van der Waals surface area contributed by atoms with Crippen molar-refractivity contribution in [3.8, 4) is 0 Å². The van der Waals surface area contributed by atoms with E-state index in [1.807, 2.05) is 0 Å². The molecule has 0 spiro atoms. The van der Waals surface area contributed by atoms with Crippen LogP contribution >= 0.6 is 11.6 Å². The van der Waals surface area contributed by atoms with E-state index >= 15 is 0 Å². The van der Waals surface area contributed by atoms with Crippen LogP contribution in [0.3, 0.4) is 0 Å². The van der Waals surface area contributed by atoms with Crippen molar-refractivity contribution in [2.45, 2.75) is 11.8 Å². The number of nitrogens with zero attached hydrogens (tertiary/aromatic N) is 1. The standard InChI is InChI=1S/C17H11ClF3N3O3/c18-11-8-6-10(7-9-11)13(25)22-16(17(19,20)21)14(26)24(15(27)23-16)12-4-2-1-3-5-12/h1-9H,(H,22,25)(H,23,27)/t16-/m0/s1. The molecule has 3 rings (SSSR count). The Bertz CT molecular complexity index is 903. The number of imide groups is 1. The molecule has 2 aromatic rings. The number of urea groups is 1. The Morgan fingerprint density at radius 2 is 1.63 bits per heavy atom. The van der Waals surface area contributed by atoms with Crippen LogP contribution in [0.2, 0.25) is 5.02 Å². The Hall–Kier alpha value is -3.07. The average Bonchev–Trinajstić information content (AvgIpc) is 2.87. The first kappa shape index (κ1) is 18.7. The molecule has 0 unspecified atom stereocenters. The van der Waals surface area contributed by atoms with Crippen LogP contribution in [0.15, 0.2) is 54.6 Å². The predicted octanol–water partition coefficient (Wildman–Crippen LogP) is 3.08. The van der Waals surface area contributed by atoms with Gasteiger partial charge in [-0.3, -0.25) is 14.9 Å². The Kier molecular flexibility index (Phi) is 4.56. The second-order valence-electron chi connectivity index (χ2n) is 5.62. The highest BCUT2D eigenvalue weighted by molar-refractivity contribution is 6.30. The lowest BCUT2D eigenvalue weighted by Crippen LogP contribution is -2.69. The molecule has 0 bridgehead atoms. The maximum Gasteiger partial charge on any atom is 0.440 e. The largest absolute Gasteiger partial charge is 0.440 e. The van der Waals surface area contributed by atoms with E-state index in [0.717, 1.165) is 0 Å². The minimum absolute atomic E-state index is 0.0631. The Balaban J connectivity index is 1.99. The first-order valence-electron chi connectivity index (χ1n) is 7.52. The third-order valence-electron chi connectivity index (χ3n) is 3.87. The highest BCUT2D eigenvalue weighted by atomic mass is 35.5. The van der Waals surface area contributed by atoms with E-state index in [1.54, 1.807) is 16.7 Å². The molecule has 10 heteroatoms. The number of hydrogen-bond donors (Lipinski definition) is 2. The summed E-state index contributed by atoms with van der Waals surface area (Å²) in [6, 6.07) is 10.8. The van der Waals surface area contributed by atoms with Gasteiger partial charge in [-0.2, -0.15) is 13.2 Å². The summed E-state index contributed by atoms with van der Waals surface area (Å²) in [5.41, 5.74) is -3.81. The molecule has 0 radical (unpaired) electrons. The van der Waals surface area contributed by atoms with Crippen molar-refractivity contribution >= 4 is 35.1 Å². The number of para-hydroxylation sites is 1. The molecule has 1 saturated heterocycles. The summed E-state index contributed by atoms with van der Waals surface area (Å²) in [6.07, 6.45) is -5.29. The third-order valence-corrected chi connectivity index (χ3v) is 4.12. The minimum atomic E-state index is -5.29. The lowest BCUT2D eigenvalue weighted by atomic mass is 10.1. The lowest BCUT2D eigenvalue weighted by molar-refractivity contribution is -0.197. The molecular weight excluding hydrogens is 387 g/mol. The number of benzene rings is 2. The zero-order chi connectivity index (χ0) is 19.8. The maximum atomic E-state index is 13.8. The van der Waals surface area contributed by atoms with Gasteiger partial charge in [0.1, 0.15) is 0 Å². The van der Waals surface area contributed by atoms with Gasteiger partial charge >= 0.3 is 12.2 Å². The monoisotopic (exact) mass is 397 g/mol. The second-order valence-corrected chi connectivity index (χ2v) is 6.05. The van der Waals surface area contributed by atoms with Crippen LogP contribution in [0.25, 0.3) is 0 Å². The quantitative estimate of drug-likeness (QED) is 0.781. The minimum Gasteiger partial charge on any atom is -0.314 e. The van der Waals surface area contributed by atoms with E-state index in [-0.39, 0.29) is 16.3 Å². The molecule has 1 aliphatic heterocycles. The van der Waals surface area contributed by atoms with Gasteiger partial charge in [-0.1, -0.05) is 29.8 Å². The lowest BCUT2D eigenvalue weighted by Gasteiger charge is -2.29. The van der Waals surface area contributed by atoms with Gasteiger partial charge in [0, 0.05) is 10.6 Å². The number of carbonyl (C=O) groups is 3. The van der Waals surface area contributed by atoms with Crippen molar-refractivity contribution in [1.82, 2.24) is 10.6 Å². The molecule has 140 valence electrons. The number of amides is 4. The number of anilines is 1. The van der Waals surface area contributed by atoms with Gasteiger partial charge in [0.2, 0.25) is 0 Å². The summed E-state index contributed by atoms with van der Waals surface area (Å²) in [6.45, 7) is 0. The fraction of sp³-hybridized carbons (Fsp3) is 0.118. The van der Waals surface area contributed by atoms with Crippen molar-refractivity contribution in [2.75, 3.05) is 4.90 Å². The van der Waals surface area contributed by atoms with Crippen LogP contribution in [-0.4, -0.2) is 29.7 Å². The highest BCUT2D eigenvalue weighted by Crippen LogP contribution is 2.36. The molecule has 1 aliphatic rings. The van der Waals surface area contributed by atoms with Gasteiger partial charge in [-0.05, 0) is 36.4 Å². The molecule has 27 heavy (non-hydrogen) atoms. The van der Waals surface area contributed by atoms with Crippen molar-refractivity contribution in [2.24, 2.45) is 0 Å². The summed E-state index contributed by atoms with van der Waals surface area (Å²) < 4.78 is 41.3.